The third-order valence-electron chi connectivity index (χ3n) is 2.37. The van der Waals surface area contributed by atoms with Gasteiger partial charge in [0.05, 0.1) is 0 Å². The molecule has 7 nitrogen and oxygen atoms in total. The van der Waals surface area contributed by atoms with Gasteiger partial charge in [0.25, 0.3) is 0 Å². The van der Waals surface area contributed by atoms with Gasteiger partial charge in [0.2, 0.25) is 11.8 Å². The Morgan fingerprint density at radius 3 is 2.38 bits per heavy atom. The fourth-order valence-electron chi connectivity index (χ4n) is 1.39. The number of primary amides is 1. The Kier molecular flexibility index (Phi) is 3.83. The molecule has 7 heteroatoms. The maximum absolute atomic E-state index is 11.5. The van der Waals surface area contributed by atoms with Crippen LogP contribution in [0.25, 0.3) is 0 Å². The molecule has 1 aliphatic heterocycles. The van der Waals surface area contributed by atoms with Crippen LogP contribution in [0.4, 0.5) is 0 Å². The van der Waals surface area contributed by atoms with E-state index in [1.54, 1.807) is 0 Å². The van der Waals surface area contributed by atoms with E-state index in [9.17, 15) is 14.4 Å². The lowest BCUT2D eigenvalue weighted by atomic mass is 10.2. The first kappa shape index (κ1) is 12.4. The number of nitrogens with one attached hydrogen (secondary N) is 1. The third kappa shape index (κ3) is 2.93. The van der Waals surface area contributed by atoms with Crippen molar-refractivity contribution < 1.29 is 24.2 Å². The van der Waals surface area contributed by atoms with Gasteiger partial charge in [0.1, 0.15) is 12.1 Å². The zero-order valence-corrected chi connectivity index (χ0v) is 8.80. The number of amides is 2. The van der Waals surface area contributed by atoms with Gasteiger partial charge in [-0.3, -0.25) is 9.59 Å². The van der Waals surface area contributed by atoms with Gasteiger partial charge in [-0.25, -0.2) is 4.79 Å². The Morgan fingerprint density at radius 1 is 1.38 bits per heavy atom. The van der Waals surface area contributed by atoms with E-state index in [0.717, 1.165) is 0 Å². The molecule has 1 unspecified atom stereocenters. The highest BCUT2D eigenvalue weighted by atomic mass is 16.5. The summed E-state index contributed by atoms with van der Waals surface area (Å²) in [6, 6.07) is -0.792. The molecule has 0 aliphatic carbocycles. The van der Waals surface area contributed by atoms with Crippen molar-refractivity contribution in [2.24, 2.45) is 5.73 Å². The van der Waals surface area contributed by atoms with Crippen molar-refractivity contribution >= 4 is 17.8 Å². The number of hydrogen-bond donors (Lipinski definition) is 3. The molecule has 0 aromatic rings. The highest BCUT2D eigenvalue weighted by molar-refractivity contribution is 5.88. The summed E-state index contributed by atoms with van der Waals surface area (Å²) in [5.74, 6) is -2.24. The van der Waals surface area contributed by atoms with Gasteiger partial charge in [-0.2, -0.15) is 0 Å². The lowest BCUT2D eigenvalue weighted by Crippen LogP contribution is -2.46. The second-order valence-corrected chi connectivity index (χ2v) is 3.66. The van der Waals surface area contributed by atoms with Crippen molar-refractivity contribution in [1.82, 2.24) is 5.32 Å². The minimum absolute atomic E-state index is 0.290. The molecule has 0 saturated carbocycles. The van der Waals surface area contributed by atoms with Crippen LogP contribution in [0.5, 0.6) is 0 Å². The summed E-state index contributed by atoms with van der Waals surface area (Å²) in [6.45, 7) is 1.45. The number of carboxylic acids is 1. The van der Waals surface area contributed by atoms with Crippen molar-refractivity contribution in [3.63, 3.8) is 0 Å². The topological polar surface area (TPSA) is 119 Å². The molecule has 1 fully saturated rings. The van der Waals surface area contributed by atoms with E-state index in [1.165, 1.54) is 6.92 Å². The average Bonchev–Trinajstić information content (AvgIpc) is 2.65. The first-order valence-electron chi connectivity index (χ1n) is 4.89. The quantitative estimate of drug-likeness (QED) is 0.549. The van der Waals surface area contributed by atoms with Crippen LogP contribution in [-0.4, -0.2) is 41.1 Å². The van der Waals surface area contributed by atoms with Crippen LogP contribution in [0.3, 0.4) is 0 Å². The number of nitrogens with two attached hydrogens (primary N) is 1. The standard InChI is InChI=1S/C9H14N2O5/c1-4(7(10)12)11-8(13)5-2-3-6(16-5)9(14)15/h4-6H,2-3H2,1H3,(H2,10,12)(H,11,13)(H,14,15)/t4?,5-,6+/m0/s1. The smallest absolute Gasteiger partial charge is 0.332 e. The largest absolute Gasteiger partial charge is 0.479 e. The molecular formula is C9H14N2O5. The molecule has 3 atom stereocenters. The maximum Gasteiger partial charge on any atom is 0.332 e. The number of carboxylic acid groups (broad SMARTS) is 1. The maximum atomic E-state index is 11.5. The zero-order valence-electron chi connectivity index (χ0n) is 8.80. The predicted molar refractivity (Wildman–Crippen MR) is 52.3 cm³/mol. The highest BCUT2D eigenvalue weighted by Crippen LogP contribution is 2.19. The van der Waals surface area contributed by atoms with Crippen LogP contribution < -0.4 is 11.1 Å². The second kappa shape index (κ2) is 4.93. The molecule has 4 N–H and O–H groups in total. The van der Waals surface area contributed by atoms with E-state index in [0.29, 0.717) is 12.8 Å². The van der Waals surface area contributed by atoms with Gasteiger partial charge in [0.15, 0.2) is 6.10 Å². The summed E-state index contributed by atoms with van der Waals surface area (Å²) < 4.78 is 5.00. The van der Waals surface area contributed by atoms with Gasteiger partial charge >= 0.3 is 5.97 Å². The van der Waals surface area contributed by atoms with Crippen LogP contribution in [-0.2, 0) is 19.1 Å². The van der Waals surface area contributed by atoms with Crippen molar-refractivity contribution in [2.75, 3.05) is 0 Å². The summed E-state index contributed by atoms with van der Waals surface area (Å²) in [5, 5.41) is 11.0. The molecule has 1 rings (SSSR count). The minimum Gasteiger partial charge on any atom is -0.479 e. The Bertz CT molecular complexity index is 317. The number of carbonyl (C=O) groups excluding carboxylic acids is 2. The Labute approximate surface area is 91.9 Å². The molecule has 0 radical (unpaired) electrons. The highest BCUT2D eigenvalue weighted by Gasteiger charge is 2.35. The summed E-state index contributed by atoms with van der Waals surface area (Å²) in [4.78, 5) is 32.8. The SMILES string of the molecule is CC(NC(=O)[C@@H]1CC[C@H](C(=O)O)O1)C(N)=O. The minimum atomic E-state index is -1.08. The molecule has 1 saturated heterocycles. The van der Waals surface area contributed by atoms with Gasteiger partial charge in [-0.15, -0.1) is 0 Å². The lowest BCUT2D eigenvalue weighted by Gasteiger charge is -2.14. The molecule has 90 valence electrons. The van der Waals surface area contributed by atoms with Crippen molar-refractivity contribution in [2.45, 2.75) is 38.0 Å². The Hall–Kier alpha value is -1.63. The monoisotopic (exact) mass is 230 g/mol. The van der Waals surface area contributed by atoms with Crippen LogP contribution in [0.1, 0.15) is 19.8 Å². The molecule has 1 aliphatic rings. The van der Waals surface area contributed by atoms with Crippen LogP contribution in [0, 0.1) is 0 Å². The number of carbonyl (C=O) groups is 3. The van der Waals surface area contributed by atoms with E-state index in [1.807, 2.05) is 0 Å². The van der Waals surface area contributed by atoms with E-state index >= 15 is 0 Å². The van der Waals surface area contributed by atoms with Gasteiger partial charge in [-0.1, -0.05) is 0 Å². The fourth-order valence-corrected chi connectivity index (χ4v) is 1.39. The van der Waals surface area contributed by atoms with Crippen molar-refractivity contribution in [1.29, 1.82) is 0 Å². The van der Waals surface area contributed by atoms with Crippen LogP contribution in [0.2, 0.25) is 0 Å². The summed E-state index contributed by atoms with van der Waals surface area (Å²) >= 11 is 0. The average molecular weight is 230 g/mol. The first-order chi connectivity index (χ1) is 7.41. The Morgan fingerprint density at radius 2 is 1.94 bits per heavy atom. The van der Waals surface area contributed by atoms with E-state index < -0.39 is 36.0 Å². The van der Waals surface area contributed by atoms with Gasteiger partial charge in [-0.05, 0) is 19.8 Å². The normalized spacial score (nSPS) is 26.1. The first-order valence-corrected chi connectivity index (χ1v) is 4.89. The van der Waals surface area contributed by atoms with Crippen LogP contribution >= 0.6 is 0 Å². The molecule has 0 aromatic heterocycles. The Balaban J connectivity index is 2.45. The summed E-state index contributed by atoms with van der Waals surface area (Å²) in [6.07, 6.45) is -1.14. The molecule has 0 aromatic carbocycles. The van der Waals surface area contributed by atoms with Gasteiger partial charge < -0.3 is 20.9 Å². The van der Waals surface area contributed by atoms with Gasteiger partial charge in [0, 0.05) is 0 Å². The molecule has 1 heterocycles. The lowest BCUT2D eigenvalue weighted by molar-refractivity contribution is -0.152. The number of rotatable bonds is 4. The molecule has 16 heavy (non-hydrogen) atoms. The summed E-state index contributed by atoms with van der Waals surface area (Å²) in [7, 11) is 0. The van der Waals surface area contributed by atoms with E-state index in [-0.39, 0.29) is 0 Å². The molecular weight excluding hydrogens is 216 g/mol. The molecule has 0 bridgehead atoms. The summed E-state index contributed by atoms with van der Waals surface area (Å²) in [5.41, 5.74) is 4.97. The molecule has 0 spiro atoms. The molecule has 2 amide bonds. The third-order valence-corrected chi connectivity index (χ3v) is 2.37. The van der Waals surface area contributed by atoms with Crippen LogP contribution in [0.15, 0.2) is 0 Å². The predicted octanol–water partition coefficient (Wildman–Crippen LogP) is -1.39. The van der Waals surface area contributed by atoms with Crippen molar-refractivity contribution in [3.05, 3.63) is 0 Å². The van der Waals surface area contributed by atoms with Crippen molar-refractivity contribution in [3.8, 4) is 0 Å². The fraction of sp³-hybridized carbons (Fsp3) is 0.667. The van der Waals surface area contributed by atoms with E-state index in [4.69, 9.17) is 15.6 Å². The second-order valence-electron chi connectivity index (χ2n) is 3.66. The number of aliphatic carboxylic acids is 1. The number of ether oxygens (including phenoxy) is 1. The zero-order chi connectivity index (χ0) is 12.3. The van der Waals surface area contributed by atoms with E-state index in [2.05, 4.69) is 5.32 Å². The number of hydrogen-bond acceptors (Lipinski definition) is 4.